The summed E-state index contributed by atoms with van der Waals surface area (Å²) in [6, 6.07) is 8.68. The van der Waals surface area contributed by atoms with Crippen LogP contribution in [0.15, 0.2) is 24.3 Å². The van der Waals surface area contributed by atoms with Crippen LogP contribution in [0.2, 0.25) is 0 Å². The van der Waals surface area contributed by atoms with Gasteiger partial charge in [0.1, 0.15) is 0 Å². The third kappa shape index (κ3) is 4.50. The number of rotatable bonds is 6. The molecule has 1 N–H and O–H groups in total. The molecule has 1 nitrogen and oxygen atoms in total. The third-order valence-corrected chi connectivity index (χ3v) is 4.14. The molecule has 0 fully saturated rings. The van der Waals surface area contributed by atoms with Gasteiger partial charge in [0.25, 0.3) is 0 Å². The van der Waals surface area contributed by atoms with E-state index in [0.29, 0.717) is 17.7 Å². The smallest absolute Gasteiger partial charge is 0.0427 e. The maximum atomic E-state index is 5.89. The zero-order chi connectivity index (χ0) is 12.9. The van der Waals surface area contributed by atoms with Gasteiger partial charge in [-0.1, -0.05) is 38.1 Å². The van der Waals surface area contributed by atoms with Gasteiger partial charge in [-0.25, -0.2) is 0 Å². The van der Waals surface area contributed by atoms with Crippen molar-refractivity contribution in [3.63, 3.8) is 0 Å². The molecule has 0 aliphatic rings. The van der Waals surface area contributed by atoms with Gasteiger partial charge < -0.3 is 5.32 Å². The van der Waals surface area contributed by atoms with E-state index >= 15 is 0 Å². The minimum absolute atomic E-state index is 0.195. The van der Waals surface area contributed by atoms with Crippen molar-refractivity contribution in [1.29, 1.82) is 0 Å². The zero-order valence-electron chi connectivity index (χ0n) is 10.8. The van der Waals surface area contributed by atoms with E-state index in [1.165, 1.54) is 11.1 Å². The van der Waals surface area contributed by atoms with Crippen molar-refractivity contribution in [2.75, 3.05) is 11.8 Å². The minimum Gasteiger partial charge on any atom is -0.305 e. The molecule has 96 valence electrons. The molecule has 1 aromatic carbocycles. The second-order valence-electron chi connectivity index (χ2n) is 5.08. The summed E-state index contributed by atoms with van der Waals surface area (Å²) >= 11 is 11.8. The van der Waals surface area contributed by atoms with E-state index < -0.39 is 0 Å². The molecule has 0 radical (unpaired) electrons. The Kier molecular flexibility index (Phi) is 5.78. The first-order chi connectivity index (χ1) is 8.00. The molecule has 3 heteroatoms. The van der Waals surface area contributed by atoms with E-state index in [9.17, 15) is 0 Å². The summed E-state index contributed by atoms with van der Waals surface area (Å²) in [5, 5.41) is 3.40. The lowest BCUT2D eigenvalue weighted by molar-refractivity contribution is 0.435. The highest BCUT2D eigenvalue weighted by Gasteiger charge is 2.20. The molecule has 0 aliphatic carbocycles. The fourth-order valence-electron chi connectivity index (χ4n) is 1.47. The molecule has 0 atom stereocenters. The van der Waals surface area contributed by atoms with Crippen LogP contribution in [0, 0.1) is 0 Å². The molecule has 1 rings (SSSR count). The van der Waals surface area contributed by atoms with Gasteiger partial charge >= 0.3 is 0 Å². The van der Waals surface area contributed by atoms with Gasteiger partial charge in [0.15, 0.2) is 0 Å². The number of nitrogens with one attached hydrogen (secondary N) is 1. The Balaban J connectivity index is 2.58. The quantitative estimate of drug-likeness (QED) is 0.769. The lowest BCUT2D eigenvalue weighted by Crippen LogP contribution is -2.45. The van der Waals surface area contributed by atoms with E-state index in [0.717, 1.165) is 6.54 Å². The van der Waals surface area contributed by atoms with Crippen molar-refractivity contribution in [3.8, 4) is 0 Å². The number of hydrogen-bond acceptors (Lipinski definition) is 1. The summed E-state index contributed by atoms with van der Waals surface area (Å²) in [5.74, 6) is 1.61. The third-order valence-electron chi connectivity index (χ3n) is 2.96. The summed E-state index contributed by atoms with van der Waals surface area (Å²) in [7, 11) is 0. The maximum Gasteiger partial charge on any atom is 0.0427 e. The Morgan fingerprint density at radius 1 is 1.12 bits per heavy atom. The molecule has 0 aliphatic heterocycles. The Hall–Kier alpha value is -0.240. The second kappa shape index (κ2) is 6.63. The molecule has 17 heavy (non-hydrogen) atoms. The molecule has 0 spiro atoms. The monoisotopic (exact) mass is 273 g/mol. The topological polar surface area (TPSA) is 12.0 Å². The normalized spacial score (nSPS) is 12.1. The van der Waals surface area contributed by atoms with Gasteiger partial charge in [-0.3, -0.25) is 0 Å². The minimum atomic E-state index is -0.195. The van der Waals surface area contributed by atoms with Crippen molar-refractivity contribution in [1.82, 2.24) is 5.32 Å². The molecular weight excluding hydrogens is 253 g/mol. The Bertz CT molecular complexity index is 329. The fraction of sp³-hybridized carbons (Fsp3) is 0.571. The lowest BCUT2D eigenvalue weighted by atomic mass is 10.0. The Labute approximate surface area is 115 Å². The first-order valence-corrected chi connectivity index (χ1v) is 7.03. The summed E-state index contributed by atoms with van der Waals surface area (Å²) in [5.41, 5.74) is 2.43. The van der Waals surface area contributed by atoms with Crippen molar-refractivity contribution < 1.29 is 0 Å². The Morgan fingerprint density at radius 2 is 1.65 bits per heavy atom. The lowest BCUT2D eigenvalue weighted by Gasteiger charge is -2.26. The number of alkyl halides is 2. The van der Waals surface area contributed by atoms with Crippen LogP contribution in [0.4, 0.5) is 0 Å². The average molecular weight is 274 g/mol. The van der Waals surface area contributed by atoms with E-state index in [1.54, 1.807) is 0 Å². The number of halogens is 2. The SMILES string of the molecule is CC(C)c1ccc(CNC(C)(CCl)CCl)cc1. The van der Waals surface area contributed by atoms with Crippen molar-refractivity contribution in [2.45, 2.75) is 38.8 Å². The van der Waals surface area contributed by atoms with Crippen molar-refractivity contribution >= 4 is 23.2 Å². The second-order valence-corrected chi connectivity index (χ2v) is 5.61. The first kappa shape index (κ1) is 14.8. The number of benzene rings is 1. The van der Waals surface area contributed by atoms with Gasteiger partial charge in [0.05, 0.1) is 0 Å². The molecule has 0 unspecified atom stereocenters. The van der Waals surface area contributed by atoms with E-state index in [1.807, 2.05) is 6.92 Å². The van der Waals surface area contributed by atoms with Crippen LogP contribution in [0.5, 0.6) is 0 Å². The van der Waals surface area contributed by atoms with Crippen LogP contribution in [0.25, 0.3) is 0 Å². The predicted molar refractivity (Wildman–Crippen MR) is 77.2 cm³/mol. The summed E-state index contributed by atoms with van der Waals surface area (Å²) in [6.07, 6.45) is 0. The van der Waals surface area contributed by atoms with Crippen LogP contribution in [0.3, 0.4) is 0 Å². The molecule has 0 saturated carbocycles. The van der Waals surface area contributed by atoms with Gasteiger partial charge in [-0.2, -0.15) is 0 Å². The highest BCUT2D eigenvalue weighted by molar-refractivity contribution is 6.22. The van der Waals surface area contributed by atoms with Gasteiger partial charge in [0.2, 0.25) is 0 Å². The number of hydrogen-bond donors (Lipinski definition) is 1. The van der Waals surface area contributed by atoms with Crippen LogP contribution in [-0.2, 0) is 6.54 Å². The van der Waals surface area contributed by atoms with E-state index in [4.69, 9.17) is 23.2 Å². The van der Waals surface area contributed by atoms with E-state index in [2.05, 4.69) is 43.4 Å². The molecule has 0 bridgehead atoms. The summed E-state index contributed by atoms with van der Waals surface area (Å²) in [6.45, 7) is 7.24. The van der Waals surface area contributed by atoms with E-state index in [-0.39, 0.29) is 5.54 Å². The van der Waals surface area contributed by atoms with Gasteiger partial charge in [-0.05, 0) is 24.0 Å². The first-order valence-electron chi connectivity index (χ1n) is 5.96. The van der Waals surface area contributed by atoms with Gasteiger partial charge in [-0.15, -0.1) is 23.2 Å². The van der Waals surface area contributed by atoms with Crippen LogP contribution >= 0.6 is 23.2 Å². The molecule has 1 aromatic rings. The largest absolute Gasteiger partial charge is 0.305 e. The average Bonchev–Trinajstić information content (AvgIpc) is 2.36. The van der Waals surface area contributed by atoms with Crippen LogP contribution < -0.4 is 5.32 Å². The molecule has 0 amide bonds. The highest BCUT2D eigenvalue weighted by Crippen LogP contribution is 2.15. The molecule has 0 heterocycles. The standard InChI is InChI=1S/C14H21Cl2N/c1-11(2)13-6-4-12(5-7-13)8-17-14(3,9-15)10-16/h4-7,11,17H,8-10H2,1-3H3. The summed E-state index contributed by atoms with van der Waals surface area (Å²) < 4.78 is 0. The Morgan fingerprint density at radius 3 is 2.06 bits per heavy atom. The zero-order valence-corrected chi connectivity index (χ0v) is 12.3. The predicted octanol–water partition coefficient (Wildman–Crippen LogP) is 4.14. The molecule has 0 saturated heterocycles. The summed E-state index contributed by atoms with van der Waals surface area (Å²) in [4.78, 5) is 0. The maximum absolute atomic E-state index is 5.89. The van der Waals surface area contributed by atoms with Crippen molar-refractivity contribution in [2.24, 2.45) is 0 Å². The van der Waals surface area contributed by atoms with Crippen LogP contribution in [0.1, 0.15) is 37.8 Å². The van der Waals surface area contributed by atoms with Crippen molar-refractivity contribution in [3.05, 3.63) is 35.4 Å². The molecule has 0 aromatic heterocycles. The van der Waals surface area contributed by atoms with Gasteiger partial charge in [0, 0.05) is 23.8 Å². The fourth-order valence-corrected chi connectivity index (χ4v) is 1.94. The highest BCUT2D eigenvalue weighted by atomic mass is 35.5. The van der Waals surface area contributed by atoms with Crippen LogP contribution in [-0.4, -0.2) is 17.3 Å². The molecular formula is C14H21Cl2N.